The maximum atomic E-state index is 13.3. The van der Waals surface area contributed by atoms with E-state index in [0.29, 0.717) is 16.5 Å². The van der Waals surface area contributed by atoms with Crippen molar-refractivity contribution in [3.8, 4) is 6.07 Å². The van der Waals surface area contributed by atoms with E-state index in [9.17, 15) is 4.39 Å². The number of halogens is 1. The first-order valence-electron chi connectivity index (χ1n) is 5.98. The van der Waals surface area contributed by atoms with Gasteiger partial charge >= 0.3 is 0 Å². The van der Waals surface area contributed by atoms with Gasteiger partial charge in [0.05, 0.1) is 17.1 Å². The number of rotatable bonds is 1. The van der Waals surface area contributed by atoms with Crippen LogP contribution in [0.3, 0.4) is 0 Å². The van der Waals surface area contributed by atoms with Crippen molar-refractivity contribution in [2.24, 2.45) is 0 Å². The van der Waals surface area contributed by atoms with Gasteiger partial charge in [-0.25, -0.2) is 9.07 Å². The minimum absolute atomic E-state index is 0.0965. The van der Waals surface area contributed by atoms with Crippen LogP contribution >= 0.6 is 0 Å². The quantitative estimate of drug-likeness (QED) is 0.776. The van der Waals surface area contributed by atoms with Gasteiger partial charge in [-0.05, 0) is 25.3 Å². The van der Waals surface area contributed by atoms with Crippen molar-refractivity contribution in [3.05, 3.63) is 29.7 Å². The van der Waals surface area contributed by atoms with Crippen molar-refractivity contribution in [3.63, 3.8) is 0 Å². The summed E-state index contributed by atoms with van der Waals surface area (Å²) in [6.45, 7) is 0.723. The summed E-state index contributed by atoms with van der Waals surface area (Å²) in [7, 11) is 0. The van der Waals surface area contributed by atoms with E-state index < -0.39 is 5.82 Å². The number of hydrogen-bond donors (Lipinski definition) is 0. The predicted molar refractivity (Wildman–Crippen MR) is 63.2 cm³/mol. The van der Waals surface area contributed by atoms with Crippen LogP contribution in [0.1, 0.15) is 31.1 Å². The maximum Gasteiger partial charge on any atom is 0.150 e. The largest absolute Gasteiger partial charge is 0.357 e. The fourth-order valence-electron chi connectivity index (χ4n) is 2.28. The minimum Gasteiger partial charge on any atom is -0.357 e. The van der Waals surface area contributed by atoms with Gasteiger partial charge in [-0.3, -0.25) is 0 Å². The van der Waals surface area contributed by atoms with Crippen molar-refractivity contribution in [1.29, 1.82) is 5.26 Å². The SMILES string of the molecule is N#Cc1cc(F)cc2nn(C3CCCCO3)cc12. The van der Waals surface area contributed by atoms with Crippen LogP contribution in [0, 0.1) is 17.1 Å². The number of nitrogens with zero attached hydrogens (tertiary/aromatic N) is 3. The van der Waals surface area contributed by atoms with Gasteiger partial charge in [0.25, 0.3) is 0 Å². The van der Waals surface area contributed by atoms with Crippen LogP contribution in [0.4, 0.5) is 4.39 Å². The van der Waals surface area contributed by atoms with Crippen LogP contribution in [0.15, 0.2) is 18.3 Å². The van der Waals surface area contributed by atoms with E-state index >= 15 is 0 Å². The van der Waals surface area contributed by atoms with Gasteiger partial charge in [-0.1, -0.05) is 0 Å². The molecule has 1 saturated heterocycles. The second-order valence-electron chi connectivity index (χ2n) is 4.43. The van der Waals surface area contributed by atoms with Gasteiger partial charge in [-0.2, -0.15) is 10.4 Å². The molecule has 2 aromatic rings. The molecule has 3 rings (SSSR count). The first-order chi connectivity index (χ1) is 8.78. The average molecular weight is 245 g/mol. The Balaban J connectivity index is 2.07. The molecule has 0 amide bonds. The summed E-state index contributed by atoms with van der Waals surface area (Å²) >= 11 is 0. The van der Waals surface area contributed by atoms with Crippen molar-refractivity contribution >= 4 is 10.9 Å². The number of nitriles is 1. The number of benzene rings is 1. The van der Waals surface area contributed by atoms with Crippen molar-refractivity contribution in [1.82, 2.24) is 9.78 Å². The lowest BCUT2D eigenvalue weighted by Crippen LogP contribution is -2.18. The van der Waals surface area contributed by atoms with Crippen molar-refractivity contribution in [2.45, 2.75) is 25.5 Å². The maximum absolute atomic E-state index is 13.3. The van der Waals surface area contributed by atoms with Gasteiger partial charge in [-0.15, -0.1) is 0 Å². The van der Waals surface area contributed by atoms with Crippen LogP contribution in [0.25, 0.3) is 10.9 Å². The Bertz CT molecular complexity index is 623. The Morgan fingerprint density at radius 2 is 2.33 bits per heavy atom. The van der Waals surface area contributed by atoms with Crippen LogP contribution < -0.4 is 0 Å². The van der Waals surface area contributed by atoms with Crippen LogP contribution in [-0.4, -0.2) is 16.4 Å². The number of ether oxygens (including phenoxy) is 1. The summed E-state index contributed by atoms with van der Waals surface area (Å²) in [6.07, 6.45) is 4.73. The molecule has 0 aliphatic carbocycles. The van der Waals surface area contributed by atoms with E-state index in [0.717, 1.165) is 25.9 Å². The number of aromatic nitrogens is 2. The molecule has 4 nitrogen and oxygen atoms in total. The Morgan fingerprint density at radius 1 is 1.44 bits per heavy atom. The van der Waals surface area contributed by atoms with Crippen molar-refractivity contribution < 1.29 is 9.13 Å². The zero-order chi connectivity index (χ0) is 12.5. The van der Waals surface area contributed by atoms with Gasteiger partial charge in [0, 0.05) is 24.3 Å². The Kier molecular flexibility index (Phi) is 2.73. The third-order valence-corrected chi connectivity index (χ3v) is 3.18. The average Bonchev–Trinajstić information content (AvgIpc) is 2.82. The third-order valence-electron chi connectivity index (χ3n) is 3.18. The Morgan fingerprint density at radius 3 is 3.06 bits per heavy atom. The van der Waals surface area contributed by atoms with E-state index in [1.165, 1.54) is 12.1 Å². The molecule has 1 unspecified atom stereocenters. The molecule has 18 heavy (non-hydrogen) atoms. The van der Waals surface area contributed by atoms with Crippen LogP contribution in [0.5, 0.6) is 0 Å². The van der Waals surface area contributed by atoms with E-state index in [2.05, 4.69) is 5.10 Å². The highest BCUT2D eigenvalue weighted by Gasteiger charge is 2.18. The zero-order valence-electron chi connectivity index (χ0n) is 9.77. The fourth-order valence-corrected chi connectivity index (χ4v) is 2.28. The second kappa shape index (κ2) is 4.39. The second-order valence-corrected chi connectivity index (χ2v) is 4.43. The van der Waals surface area contributed by atoms with E-state index in [-0.39, 0.29) is 6.23 Å². The van der Waals surface area contributed by atoms with Gasteiger partial charge in [0.1, 0.15) is 12.0 Å². The van der Waals surface area contributed by atoms with Gasteiger partial charge in [0.2, 0.25) is 0 Å². The standard InChI is InChI=1S/C13H12FN3O/c14-10-5-9(7-15)11-8-17(16-12(11)6-10)13-3-1-2-4-18-13/h5-6,8,13H,1-4H2. The topological polar surface area (TPSA) is 50.8 Å². The molecular weight excluding hydrogens is 233 g/mol. The van der Waals surface area contributed by atoms with Crippen molar-refractivity contribution in [2.75, 3.05) is 6.61 Å². The molecule has 1 aliphatic heterocycles. The molecule has 5 heteroatoms. The summed E-state index contributed by atoms with van der Waals surface area (Å²) in [4.78, 5) is 0. The fraction of sp³-hybridized carbons (Fsp3) is 0.385. The smallest absolute Gasteiger partial charge is 0.150 e. The summed E-state index contributed by atoms with van der Waals surface area (Å²) in [5, 5.41) is 14.0. The zero-order valence-corrected chi connectivity index (χ0v) is 9.77. The number of hydrogen-bond acceptors (Lipinski definition) is 3. The Labute approximate surface area is 104 Å². The normalized spacial score (nSPS) is 19.9. The first kappa shape index (κ1) is 11.2. The molecule has 92 valence electrons. The Hall–Kier alpha value is -1.93. The lowest BCUT2D eigenvalue weighted by atomic mass is 10.1. The highest BCUT2D eigenvalue weighted by molar-refractivity contribution is 5.84. The lowest BCUT2D eigenvalue weighted by molar-refractivity contribution is -0.0390. The highest BCUT2D eigenvalue weighted by Crippen LogP contribution is 2.25. The van der Waals surface area contributed by atoms with Gasteiger partial charge in [0.15, 0.2) is 0 Å². The molecule has 1 aromatic carbocycles. The summed E-state index contributed by atoms with van der Waals surface area (Å²) in [5.41, 5.74) is 0.813. The first-order valence-corrected chi connectivity index (χ1v) is 5.98. The summed E-state index contributed by atoms with van der Waals surface area (Å²) < 4.78 is 20.6. The third kappa shape index (κ3) is 1.85. The lowest BCUT2D eigenvalue weighted by Gasteiger charge is -2.22. The minimum atomic E-state index is -0.436. The molecule has 1 atom stereocenters. The molecule has 1 fully saturated rings. The molecule has 1 aromatic heterocycles. The predicted octanol–water partition coefficient (Wildman–Crippen LogP) is 2.75. The molecule has 0 bridgehead atoms. The summed E-state index contributed by atoms with van der Waals surface area (Å²) in [6, 6.07) is 4.57. The number of fused-ring (bicyclic) bond motifs is 1. The monoisotopic (exact) mass is 245 g/mol. The molecule has 0 radical (unpaired) electrons. The molecule has 1 aliphatic rings. The molecule has 0 spiro atoms. The molecule has 0 N–H and O–H groups in total. The van der Waals surface area contributed by atoms with E-state index in [1.807, 2.05) is 6.07 Å². The van der Waals surface area contributed by atoms with Gasteiger partial charge < -0.3 is 4.74 Å². The van der Waals surface area contributed by atoms with E-state index in [4.69, 9.17) is 10.00 Å². The van der Waals surface area contributed by atoms with E-state index in [1.54, 1.807) is 10.9 Å². The van der Waals surface area contributed by atoms with Crippen LogP contribution in [0.2, 0.25) is 0 Å². The molecule has 0 saturated carbocycles. The van der Waals surface area contributed by atoms with Crippen LogP contribution in [-0.2, 0) is 4.74 Å². The summed E-state index contributed by atoms with van der Waals surface area (Å²) in [5.74, 6) is -0.436. The highest BCUT2D eigenvalue weighted by atomic mass is 19.1. The molecule has 2 heterocycles. The molecular formula is C13H12FN3O.